The van der Waals surface area contributed by atoms with Crippen LogP contribution in [0.4, 0.5) is 0 Å². The molecule has 0 radical (unpaired) electrons. The molecule has 1 fully saturated rings. The second-order valence-corrected chi connectivity index (χ2v) is 4.21. The molecule has 3 atom stereocenters. The third kappa shape index (κ3) is 2.41. The summed E-state index contributed by atoms with van der Waals surface area (Å²) in [6.07, 6.45) is 4.18. The van der Waals surface area contributed by atoms with Crippen molar-refractivity contribution in [3.8, 4) is 0 Å². The third-order valence-corrected chi connectivity index (χ3v) is 3.32. The van der Waals surface area contributed by atoms with E-state index in [1.165, 1.54) is 0 Å². The van der Waals surface area contributed by atoms with E-state index >= 15 is 0 Å². The van der Waals surface area contributed by atoms with E-state index in [9.17, 15) is 0 Å². The largest absolute Gasteiger partial charge is 0.469 e. The van der Waals surface area contributed by atoms with Crippen LogP contribution in [0.5, 0.6) is 0 Å². The SMILES string of the molecule is CNC(Cc1ccco1)C1CCOC1C. The van der Waals surface area contributed by atoms with Crippen molar-refractivity contribution in [2.75, 3.05) is 13.7 Å². The molecule has 0 aromatic carbocycles. The topological polar surface area (TPSA) is 34.4 Å². The van der Waals surface area contributed by atoms with E-state index in [1.54, 1.807) is 6.26 Å². The molecular formula is C12H19NO2. The van der Waals surface area contributed by atoms with Gasteiger partial charge in [0.25, 0.3) is 0 Å². The van der Waals surface area contributed by atoms with E-state index in [1.807, 2.05) is 19.2 Å². The van der Waals surface area contributed by atoms with Gasteiger partial charge in [-0.15, -0.1) is 0 Å². The highest BCUT2D eigenvalue weighted by Crippen LogP contribution is 2.25. The molecule has 3 nitrogen and oxygen atoms in total. The molecular weight excluding hydrogens is 190 g/mol. The van der Waals surface area contributed by atoms with Crippen molar-refractivity contribution in [3.05, 3.63) is 24.2 Å². The minimum absolute atomic E-state index is 0.359. The quantitative estimate of drug-likeness (QED) is 0.821. The monoisotopic (exact) mass is 209 g/mol. The first kappa shape index (κ1) is 10.7. The van der Waals surface area contributed by atoms with E-state index < -0.39 is 0 Å². The van der Waals surface area contributed by atoms with Crippen LogP contribution in [0.15, 0.2) is 22.8 Å². The standard InChI is InChI=1S/C12H19NO2/c1-9-11(5-7-14-9)12(13-2)8-10-4-3-6-15-10/h3-4,6,9,11-13H,5,7-8H2,1-2H3. The smallest absolute Gasteiger partial charge is 0.105 e. The maximum atomic E-state index is 5.60. The van der Waals surface area contributed by atoms with Crippen LogP contribution in [0.3, 0.4) is 0 Å². The Bertz CT molecular complexity index is 284. The Morgan fingerprint density at radius 3 is 3.00 bits per heavy atom. The normalized spacial score (nSPS) is 28.1. The van der Waals surface area contributed by atoms with Crippen LogP contribution >= 0.6 is 0 Å². The molecule has 2 rings (SSSR count). The number of ether oxygens (including phenoxy) is 1. The number of furan rings is 1. The highest BCUT2D eigenvalue weighted by atomic mass is 16.5. The molecule has 1 aromatic rings. The number of hydrogen-bond donors (Lipinski definition) is 1. The summed E-state index contributed by atoms with van der Waals surface area (Å²) in [5.41, 5.74) is 0. The molecule has 15 heavy (non-hydrogen) atoms. The maximum Gasteiger partial charge on any atom is 0.105 e. The van der Waals surface area contributed by atoms with Gasteiger partial charge in [0.2, 0.25) is 0 Å². The van der Waals surface area contributed by atoms with Crippen molar-refractivity contribution in [1.82, 2.24) is 5.32 Å². The summed E-state index contributed by atoms with van der Waals surface area (Å²) in [4.78, 5) is 0. The predicted octanol–water partition coefficient (Wildman–Crippen LogP) is 1.84. The zero-order valence-corrected chi connectivity index (χ0v) is 9.40. The third-order valence-electron chi connectivity index (χ3n) is 3.32. The molecule has 1 aromatic heterocycles. The highest BCUT2D eigenvalue weighted by Gasteiger charge is 2.31. The zero-order chi connectivity index (χ0) is 10.7. The molecule has 1 aliphatic rings. The second kappa shape index (κ2) is 4.81. The number of rotatable bonds is 4. The molecule has 84 valence electrons. The van der Waals surface area contributed by atoms with Gasteiger partial charge in [-0.2, -0.15) is 0 Å². The average Bonchev–Trinajstić information content (AvgIpc) is 2.85. The van der Waals surface area contributed by atoms with Gasteiger partial charge in [-0.05, 0) is 32.5 Å². The van der Waals surface area contributed by atoms with Crippen LogP contribution in [0.1, 0.15) is 19.1 Å². The van der Waals surface area contributed by atoms with E-state index in [-0.39, 0.29) is 0 Å². The number of likely N-dealkylation sites (N-methyl/N-ethyl adjacent to an activating group) is 1. The van der Waals surface area contributed by atoms with Gasteiger partial charge < -0.3 is 14.5 Å². The van der Waals surface area contributed by atoms with Crippen LogP contribution in [0, 0.1) is 5.92 Å². The van der Waals surface area contributed by atoms with Crippen LogP contribution in [0.2, 0.25) is 0 Å². The Labute approximate surface area is 90.8 Å². The fraction of sp³-hybridized carbons (Fsp3) is 0.667. The van der Waals surface area contributed by atoms with Gasteiger partial charge in [0, 0.05) is 25.0 Å². The van der Waals surface area contributed by atoms with Gasteiger partial charge in [0.05, 0.1) is 12.4 Å². The Kier molecular flexibility index (Phi) is 3.44. The van der Waals surface area contributed by atoms with Gasteiger partial charge >= 0.3 is 0 Å². The molecule has 1 N–H and O–H groups in total. The molecule has 0 amide bonds. The van der Waals surface area contributed by atoms with Gasteiger partial charge in [-0.3, -0.25) is 0 Å². The molecule has 3 unspecified atom stereocenters. The summed E-state index contributed by atoms with van der Waals surface area (Å²) in [5, 5.41) is 3.37. The maximum absolute atomic E-state index is 5.60. The fourth-order valence-electron chi connectivity index (χ4n) is 2.39. The van der Waals surface area contributed by atoms with Gasteiger partial charge in [-0.1, -0.05) is 0 Å². The number of hydrogen-bond acceptors (Lipinski definition) is 3. The summed E-state index contributed by atoms with van der Waals surface area (Å²) >= 11 is 0. The van der Waals surface area contributed by atoms with E-state index in [2.05, 4.69) is 12.2 Å². The first-order chi connectivity index (χ1) is 7.31. The van der Waals surface area contributed by atoms with E-state index in [4.69, 9.17) is 9.15 Å². The van der Waals surface area contributed by atoms with E-state index in [0.717, 1.165) is 25.2 Å². The predicted molar refractivity (Wildman–Crippen MR) is 58.8 cm³/mol. The Morgan fingerprint density at radius 2 is 2.47 bits per heavy atom. The Morgan fingerprint density at radius 1 is 1.60 bits per heavy atom. The second-order valence-electron chi connectivity index (χ2n) is 4.21. The van der Waals surface area contributed by atoms with Crippen molar-refractivity contribution >= 4 is 0 Å². The van der Waals surface area contributed by atoms with Crippen LogP contribution < -0.4 is 5.32 Å². The lowest BCUT2D eigenvalue weighted by Gasteiger charge is -2.24. The molecule has 0 aliphatic carbocycles. The van der Waals surface area contributed by atoms with Crippen molar-refractivity contribution in [2.24, 2.45) is 5.92 Å². The van der Waals surface area contributed by atoms with Crippen molar-refractivity contribution in [3.63, 3.8) is 0 Å². The Balaban J connectivity index is 1.97. The molecule has 1 saturated heterocycles. The first-order valence-electron chi connectivity index (χ1n) is 5.62. The molecule has 2 heterocycles. The summed E-state index contributed by atoms with van der Waals surface area (Å²) in [7, 11) is 2.01. The molecule has 0 bridgehead atoms. The van der Waals surface area contributed by atoms with Crippen LogP contribution in [-0.4, -0.2) is 25.8 Å². The Hall–Kier alpha value is -0.800. The van der Waals surface area contributed by atoms with Crippen molar-refractivity contribution < 1.29 is 9.15 Å². The molecule has 3 heteroatoms. The fourth-order valence-corrected chi connectivity index (χ4v) is 2.39. The summed E-state index contributed by atoms with van der Waals surface area (Å²) in [6, 6.07) is 4.43. The lowest BCUT2D eigenvalue weighted by molar-refractivity contribution is 0.0957. The van der Waals surface area contributed by atoms with Gasteiger partial charge in [-0.25, -0.2) is 0 Å². The minimum atomic E-state index is 0.359. The lowest BCUT2D eigenvalue weighted by atomic mass is 9.90. The first-order valence-corrected chi connectivity index (χ1v) is 5.62. The summed E-state index contributed by atoms with van der Waals surface area (Å²) in [5.74, 6) is 1.65. The highest BCUT2D eigenvalue weighted by molar-refractivity contribution is 5.02. The van der Waals surface area contributed by atoms with Crippen molar-refractivity contribution in [2.45, 2.75) is 31.9 Å². The average molecular weight is 209 g/mol. The molecule has 0 spiro atoms. The van der Waals surface area contributed by atoms with Gasteiger partial charge in [0.15, 0.2) is 0 Å². The molecule has 0 saturated carbocycles. The lowest BCUT2D eigenvalue weighted by Crippen LogP contribution is -2.38. The van der Waals surface area contributed by atoms with Crippen molar-refractivity contribution in [1.29, 1.82) is 0 Å². The van der Waals surface area contributed by atoms with Crippen LogP contribution in [0.25, 0.3) is 0 Å². The summed E-state index contributed by atoms with van der Waals surface area (Å²) < 4.78 is 11.0. The summed E-state index contributed by atoms with van der Waals surface area (Å²) in [6.45, 7) is 3.05. The zero-order valence-electron chi connectivity index (χ0n) is 9.40. The molecule has 1 aliphatic heterocycles. The van der Waals surface area contributed by atoms with Crippen LogP contribution in [-0.2, 0) is 11.2 Å². The van der Waals surface area contributed by atoms with Gasteiger partial charge in [0.1, 0.15) is 5.76 Å². The van der Waals surface area contributed by atoms with E-state index in [0.29, 0.717) is 18.1 Å². The minimum Gasteiger partial charge on any atom is -0.469 e. The number of nitrogens with one attached hydrogen (secondary N) is 1.